The highest BCUT2D eigenvalue weighted by Gasteiger charge is 2.55. The van der Waals surface area contributed by atoms with Gasteiger partial charge in [-0.25, -0.2) is 0 Å². The molecular weight excluding hydrogens is 560 g/mol. The van der Waals surface area contributed by atoms with Gasteiger partial charge in [0.2, 0.25) is 12.4 Å². The van der Waals surface area contributed by atoms with E-state index in [0.717, 1.165) is 38.5 Å². The molecule has 2 saturated carbocycles. The van der Waals surface area contributed by atoms with Crippen LogP contribution in [0.1, 0.15) is 83.8 Å². The van der Waals surface area contributed by atoms with Crippen molar-refractivity contribution in [3.63, 3.8) is 0 Å². The Kier molecular flexibility index (Phi) is 9.04. The molecule has 1 N–H and O–H groups in total. The Morgan fingerprint density at radius 3 is 2.23 bits per heavy atom. The maximum absolute atomic E-state index is 12.1. The lowest BCUT2D eigenvalue weighted by Gasteiger charge is -2.50. The van der Waals surface area contributed by atoms with E-state index in [1.54, 1.807) is 0 Å². The first-order valence-electron chi connectivity index (χ1n) is 15.2. The molecule has 0 radical (unpaired) electrons. The number of hydrogen-bond donors (Lipinski definition) is 1. The molecule has 11 heteroatoms. The van der Waals surface area contributed by atoms with Gasteiger partial charge in [0, 0.05) is 27.7 Å². The van der Waals surface area contributed by atoms with Gasteiger partial charge in [0.25, 0.3) is 0 Å². The summed E-state index contributed by atoms with van der Waals surface area (Å²) in [4.78, 5) is 47.8. The number of aryl methyl sites for hydroxylation is 1. The van der Waals surface area contributed by atoms with Gasteiger partial charge in [-0.05, 0) is 85.0 Å². The molecule has 11 nitrogen and oxygen atoms in total. The Hall–Kier alpha value is -3.18. The average molecular weight is 603 g/mol. The Balaban J connectivity index is 1.41. The fourth-order valence-corrected chi connectivity index (χ4v) is 8.02. The quantitative estimate of drug-likeness (QED) is 0.362. The fourth-order valence-electron chi connectivity index (χ4n) is 8.02. The van der Waals surface area contributed by atoms with Crippen molar-refractivity contribution in [2.45, 2.75) is 116 Å². The number of carbonyl (C=O) groups is 4. The van der Waals surface area contributed by atoms with Crippen LogP contribution in [-0.4, -0.2) is 72.4 Å². The summed E-state index contributed by atoms with van der Waals surface area (Å²) < 4.78 is 34.0. The zero-order chi connectivity index (χ0) is 31.1. The molecule has 4 aliphatic rings. The molecule has 5 rings (SSSR count). The molecule has 0 aromatic heterocycles. The first kappa shape index (κ1) is 31.3. The monoisotopic (exact) mass is 602 g/mol. The van der Waals surface area contributed by atoms with Crippen molar-refractivity contribution < 1.29 is 52.7 Å². The third-order valence-corrected chi connectivity index (χ3v) is 9.85. The first-order valence-corrected chi connectivity index (χ1v) is 15.2. The van der Waals surface area contributed by atoms with Gasteiger partial charge in [0.05, 0.1) is 6.10 Å². The zero-order valence-corrected chi connectivity index (χ0v) is 25.4. The molecule has 0 spiro atoms. The number of ether oxygens (including phenoxy) is 6. The van der Waals surface area contributed by atoms with Gasteiger partial charge in [0.1, 0.15) is 18.5 Å². The summed E-state index contributed by atoms with van der Waals surface area (Å²) in [5.41, 5.74) is 2.47. The van der Waals surface area contributed by atoms with E-state index in [2.05, 4.69) is 13.0 Å². The second-order valence-corrected chi connectivity index (χ2v) is 12.6. The number of esters is 4. The van der Waals surface area contributed by atoms with Gasteiger partial charge in [-0.2, -0.15) is 0 Å². The van der Waals surface area contributed by atoms with Crippen LogP contribution >= 0.6 is 0 Å². The van der Waals surface area contributed by atoms with E-state index in [0.29, 0.717) is 23.5 Å². The van der Waals surface area contributed by atoms with Gasteiger partial charge in [-0.1, -0.05) is 13.0 Å². The van der Waals surface area contributed by atoms with Crippen LogP contribution in [0.5, 0.6) is 5.75 Å². The molecule has 1 saturated heterocycles. The highest BCUT2D eigenvalue weighted by Crippen LogP contribution is 2.61. The zero-order valence-electron chi connectivity index (χ0n) is 25.4. The predicted octanol–water partition coefficient (Wildman–Crippen LogP) is 3.37. The second kappa shape index (κ2) is 12.4. The van der Waals surface area contributed by atoms with E-state index in [4.69, 9.17) is 28.4 Å². The Bertz CT molecular complexity index is 1250. The highest BCUT2D eigenvalue weighted by atomic mass is 16.7. The minimum absolute atomic E-state index is 0.00312. The van der Waals surface area contributed by atoms with Crippen LogP contribution in [0.2, 0.25) is 0 Å². The number of hydrogen-bond acceptors (Lipinski definition) is 11. The van der Waals surface area contributed by atoms with Crippen LogP contribution in [0.3, 0.4) is 0 Å². The van der Waals surface area contributed by atoms with Crippen molar-refractivity contribution in [2.75, 3.05) is 6.61 Å². The second-order valence-electron chi connectivity index (χ2n) is 12.6. The van der Waals surface area contributed by atoms with Crippen molar-refractivity contribution in [3.05, 3.63) is 29.3 Å². The van der Waals surface area contributed by atoms with E-state index < -0.39 is 54.6 Å². The van der Waals surface area contributed by atoms with E-state index in [-0.39, 0.29) is 18.1 Å². The number of aliphatic hydroxyl groups is 1. The Morgan fingerprint density at radius 1 is 0.884 bits per heavy atom. The summed E-state index contributed by atoms with van der Waals surface area (Å²) >= 11 is 0. The minimum Gasteiger partial charge on any atom is -0.463 e. The number of carbonyl (C=O) groups excluding carboxylic acids is 4. The SMILES string of the molecule is CC(=O)OC[C@H]1O[C@@H](Oc2ccc3c(c2)CC[C@@H]2[C@@H]3CC[C@]3(C)C(O)CC[C@@H]23)[C@H](OC(C)=O)[C@@H](OC(C)=O)[C@H]1OC(C)=O. The number of rotatable bonds is 7. The van der Waals surface area contributed by atoms with Crippen molar-refractivity contribution in [2.24, 2.45) is 17.3 Å². The molecule has 3 aliphatic carbocycles. The number of aliphatic hydroxyl groups excluding tert-OH is 1. The van der Waals surface area contributed by atoms with E-state index in [1.165, 1.54) is 38.8 Å². The summed E-state index contributed by atoms with van der Waals surface area (Å²) in [6.45, 7) is 6.71. The largest absolute Gasteiger partial charge is 0.463 e. The molecule has 3 fully saturated rings. The third-order valence-electron chi connectivity index (χ3n) is 9.85. The summed E-state index contributed by atoms with van der Waals surface area (Å²) in [5, 5.41) is 10.7. The molecule has 1 aliphatic heterocycles. The maximum atomic E-state index is 12.1. The molecule has 1 heterocycles. The van der Waals surface area contributed by atoms with Crippen LogP contribution in [0.15, 0.2) is 18.2 Å². The Morgan fingerprint density at radius 2 is 1.56 bits per heavy atom. The molecule has 0 bridgehead atoms. The smallest absolute Gasteiger partial charge is 0.303 e. The summed E-state index contributed by atoms with van der Waals surface area (Å²) in [5.74, 6) is -0.718. The fraction of sp³-hybridized carbons (Fsp3) is 0.688. The lowest BCUT2D eigenvalue weighted by molar-refractivity contribution is -0.288. The van der Waals surface area contributed by atoms with E-state index in [9.17, 15) is 24.3 Å². The maximum Gasteiger partial charge on any atom is 0.303 e. The van der Waals surface area contributed by atoms with E-state index in [1.807, 2.05) is 12.1 Å². The third kappa shape index (κ3) is 6.38. The summed E-state index contributed by atoms with van der Waals surface area (Å²) in [6, 6.07) is 5.91. The standard InChI is InChI=1S/C32H42O11/c1-16(33)38-15-26-28(39-17(2)34)29(40-18(3)35)30(41-19(4)36)31(43-26)42-21-7-9-22-20(14-21)6-8-24-23(22)12-13-32(5)25(24)10-11-27(32)37/h7,9,14,23-31,37H,6,8,10-13,15H2,1-5H3/t23-,24-,25+,26-,27?,28+,29+,30-,31-,32+/m1/s1. The van der Waals surface area contributed by atoms with Crippen molar-refractivity contribution in [1.82, 2.24) is 0 Å². The first-order chi connectivity index (χ1) is 20.4. The predicted molar refractivity (Wildman–Crippen MR) is 150 cm³/mol. The molecular formula is C32H42O11. The van der Waals surface area contributed by atoms with Gasteiger partial charge < -0.3 is 33.5 Å². The van der Waals surface area contributed by atoms with Gasteiger partial charge in [0.15, 0.2) is 12.2 Å². The lowest BCUT2D eigenvalue weighted by Crippen LogP contribution is -2.63. The molecule has 1 aromatic carbocycles. The Labute approximate surface area is 251 Å². The van der Waals surface area contributed by atoms with Crippen LogP contribution in [-0.2, 0) is 49.3 Å². The summed E-state index contributed by atoms with van der Waals surface area (Å²) in [7, 11) is 0. The lowest BCUT2D eigenvalue weighted by atomic mass is 9.55. The normalized spacial score (nSPS) is 36.3. The number of fused-ring (bicyclic) bond motifs is 5. The molecule has 1 unspecified atom stereocenters. The minimum atomic E-state index is -1.29. The van der Waals surface area contributed by atoms with Crippen molar-refractivity contribution in [3.8, 4) is 5.75 Å². The topological polar surface area (TPSA) is 144 Å². The van der Waals surface area contributed by atoms with Crippen LogP contribution in [0.4, 0.5) is 0 Å². The number of benzene rings is 1. The highest BCUT2D eigenvalue weighted by molar-refractivity contribution is 5.68. The van der Waals surface area contributed by atoms with Crippen LogP contribution < -0.4 is 4.74 Å². The molecule has 43 heavy (non-hydrogen) atoms. The molecule has 236 valence electrons. The van der Waals surface area contributed by atoms with Crippen LogP contribution in [0.25, 0.3) is 0 Å². The van der Waals surface area contributed by atoms with Gasteiger partial charge in [-0.3, -0.25) is 19.2 Å². The van der Waals surface area contributed by atoms with E-state index >= 15 is 0 Å². The average Bonchev–Trinajstić information content (AvgIpc) is 3.24. The van der Waals surface area contributed by atoms with Crippen molar-refractivity contribution in [1.29, 1.82) is 0 Å². The molecule has 1 aromatic rings. The summed E-state index contributed by atoms with van der Waals surface area (Å²) in [6.07, 6.45) is -0.514. The molecule has 0 amide bonds. The van der Waals surface area contributed by atoms with Crippen molar-refractivity contribution >= 4 is 23.9 Å². The van der Waals surface area contributed by atoms with Gasteiger partial charge in [-0.15, -0.1) is 0 Å². The van der Waals surface area contributed by atoms with Gasteiger partial charge >= 0.3 is 23.9 Å². The van der Waals surface area contributed by atoms with Crippen LogP contribution in [0, 0.1) is 17.3 Å². The molecule has 10 atom stereocenters.